The fourth-order valence-electron chi connectivity index (χ4n) is 4.80. The predicted molar refractivity (Wildman–Crippen MR) is 88.9 cm³/mol. The molecule has 0 unspecified atom stereocenters. The summed E-state index contributed by atoms with van der Waals surface area (Å²) >= 11 is 0. The molecule has 0 radical (unpaired) electrons. The van der Waals surface area contributed by atoms with Gasteiger partial charge in [-0.1, -0.05) is 32.6 Å². The summed E-state index contributed by atoms with van der Waals surface area (Å²) in [6.07, 6.45) is 11.1. The predicted octanol–water partition coefficient (Wildman–Crippen LogP) is 4.66. The van der Waals surface area contributed by atoms with Crippen LogP contribution in [0.15, 0.2) is 0 Å². The highest BCUT2D eigenvalue weighted by Crippen LogP contribution is 2.50. The minimum atomic E-state index is -0.658. The molecule has 0 aromatic rings. The van der Waals surface area contributed by atoms with Crippen LogP contribution in [0.2, 0.25) is 0 Å². The highest BCUT2D eigenvalue weighted by molar-refractivity contribution is 5.75. The highest BCUT2D eigenvalue weighted by atomic mass is 16.6. The Labute approximate surface area is 139 Å². The van der Waals surface area contributed by atoms with Gasteiger partial charge in [0.15, 0.2) is 0 Å². The first-order chi connectivity index (χ1) is 11.0. The molecular weight excluding hydrogens is 294 g/mol. The summed E-state index contributed by atoms with van der Waals surface area (Å²) < 4.78 is 0. The molecule has 2 saturated carbocycles. The van der Waals surface area contributed by atoms with Gasteiger partial charge in [-0.2, -0.15) is 0 Å². The Morgan fingerprint density at radius 1 is 1.13 bits per heavy atom. The minimum Gasteiger partial charge on any atom is -0.481 e. The number of nitrogens with zero attached hydrogens (tertiary/aromatic N) is 1. The normalized spacial score (nSPS) is 34.9. The van der Waals surface area contributed by atoms with E-state index in [-0.39, 0.29) is 10.8 Å². The molecule has 5 heteroatoms. The second-order valence-corrected chi connectivity index (χ2v) is 7.69. The molecule has 132 valence electrons. The molecule has 0 aromatic heterocycles. The number of rotatable bonds is 7. The SMILES string of the molecule is CCCCCC1CCC(C(=O)O)(C2CCC([N+](=O)[O-])CC2)CC1. The number of carboxylic acids is 1. The van der Waals surface area contributed by atoms with Crippen LogP contribution in [-0.4, -0.2) is 22.0 Å². The minimum absolute atomic E-state index is 0.132. The van der Waals surface area contributed by atoms with Gasteiger partial charge in [0.25, 0.3) is 0 Å². The number of nitro groups is 1. The Morgan fingerprint density at radius 3 is 2.22 bits per heavy atom. The maximum Gasteiger partial charge on any atom is 0.309 e. The zero-order valence-corrected chi connectivity index (χ0v) is 14.3. The Kier molecular flexibility index (Phi) is 6.42. The Morgan fingerprint density at radius 2 is 1.74 bits per heavy atom. The summed E-state index contributed by atoms with van der Waals surface area (Å²) in [7, 11) is 0. The first-order valence-corrected chi connectivity index (χ1v) is 9.36. The molecule has 0 saturated heterocycles. The van der Waals surface area contributed by atoms with Crippen molar-refractivity contribution in [3.05, 3.63) is 10.1 Å². The standard InChI is InChI=1S/C18H31NO4/c1-2-3-4-5-14-10-12-18(13-11-14,17(20)21)15-6-8-16(9-7-15)19(22)23/h14-16H,2-13H2,1H3,(H,20,21). The van der Waals surface area contributed by atoms with E-state index in [1.165, 1.54) is 25.7 Å². The molecule has 0 bridgehead atoms. The summed E-state index contributed by atoms with van der Waals surface area (Å²) in [5.74, 6) is 0.158. The summed E-state index contributed by atoms with van der Waals surface area (Å²) in [5, 5.41) is 20.8. The Balaban J connectivity index is 1.92. The van der Waals surface area contributed by atoms with Crippen molar-refractivity contribution in [1.29, 1.82) is 0 Å². The van der Waals surface area contributed by atoms with Gasteiger partial charge in [0, 0.05) is 17.8 Å². The molecule has 2 aliphatic rings. The highest BCUT2D eigenvalue weighted by Gasteiger charge is 2.49. The van der Waals surface area contributed by atoms with Crippen molar-refractivity contribution in [1.82, 2.24) is 0 Å². The van der Waals surface area contributed by atoms with Gasteiger partial charge < -0.3 is 5.11 Å². The number of carboxylic acid groups (broad SMARTS) is 1. The lowest BCUT2D eigenvalue weighted by Gasteiger charge is -2.44. The maximum absolute atomic E-state index is 12.0. The number of aliphatic carboxylic acids is 1. The van der Waals surface area contributed by atoms with Gasteiger partial charge in [-0.05, 0) is 50.4 Å². The van der Waals surface area contributed by atoms with Crippen molar-refractivity contribution >= 4 is 5.97 Å². The molecule has 2 aliphatic carbocycles. The van der Waals surface area contributed by atoms with Crippen molar-refractivity contribution in [3.63, 3.8) is 0 Å². The fourth-order valence-corrected chi connectivity index (χ4v) is 4.80. The van der Waals surface area contributed by atoms with E-state index in [0.29, 0.717) is 31.6 Å². The van der Waals surface area contributed by atoms with E-state index in [0.717, 1.165) is 25.7 Å². The summed E-state index contributed by atoms with van der Waals surface area (Å²) in [6.45, 7) is 2.21. The maximum atomic E-state index is 12.0. The van der Waals surface area contributed by atoms with Crippen molar-refractivity contribution in [2.45, 2.75) is 90.0 Å². The van der Waals surface area contributed by atoms with Gasteiger partial charge in [-0.25, -0.2) is 0 Å². The topological polar surface area (TPSA) is 80.4 Å². The third-order valence-electron chi connectivity index (χ3n) is 6.42. The van der Waals surface area contributed by atoms with Crippen LogP contribution in [0, 0.1) is 27.4 Å². The molecule has 0 aliphatic heterocycles. The van der Waals surface area contributed by atoms with E-state index >= 15 is 0 Å². The van der Waals surface area contributed by atoms with Gasteiger partial charge in [0.2, 0.25) is 6.04 Å². The molecular formula is C18H31NO4. The van der Waals surface area contributed by atoms with Crippen molar-refractivity contribution < 1.29 is 14.8 Å². The van der Waals surface area contributed by atoms with E-state index < -0.39 is 17.4 Å². The second-order valence-electron chi connectivity index (χ2n) is 7.69. The molecule has 0 heterocycles. The Bertz CT molecular complexity index is 407. The quantitative estimate of drug-likeness (QED) is 0.419. The fraction of sp³-hybridized carbons (Fsp3) is 0.944. The lowest BCUT2D eigenvalue weighted by atomic mass is 9.59. The van der Waals surface area contributed by atoms with Crippen molar-refractivity contribution in [2.75, 3.05) is 0 Å². The lowest BCUT2D eigenvalue weighted by Crippen LogP contribution is -2.44. The van der Waals surface area contributed by atoms with Crippen LogP contribution in [0.25, 0.3) is 0 Å². The van der Waals surface area contributed by atoms with E-state index in [4.69, 9.17) is 0 Å². The van der Waals surface area contributed by atoms with E-state index in [1.54, 1.807) is 0 Å². The summed E-state index contributed by atoms with van der Waals surface area (Å²) in [5.41, 5.74) is -0.608. The molecule has 0 amide bonds. The molecule has 0 atom stereocenters. The van der Waals surface area contributed by atoms with Crippen LogP contribution in [0.1, 0.15) is 84.0 Å². The lowest BCUT2D eigenvalue weighted by molar-refractivity contribution is -0.527. The molecule has 0 aromatic carbocycles. The van der Waals surface area contributed by atoms with Crippen LogP contribution >= 0.6 is 0 Å². The van der Waals surface area contributed by atoms with Crippen LogP contribution in [0.4, 0.5) is 0 Å². The van der Waals surface area contributed by atoms with Gasteiger partial charge in [-0.15, -0.1) is 0 Å². The summed E-state index contributed by atoms with van der Waals surface area (Å²) in [4.78, 5) is 22.7. The third kappa shape index (κ3) is 4.24. The van der Waals surface area contributed by atoms with Gasteiger partial charge in [-0.3, -0.25) is 14.9 Å². The number of unbranched alkanes of at least 4 members (excludes halogenated alkanes) is 2. The van der Waals surface area contributed by atoms with Crippen molar-refractivity contribution in [2.24, 2.45) is 17.3 Å². The number of hydrogen-bond acceptors (Lipinski definition) is 3. The van der Waals surface area contributed by atoms with Crippen LogP contribution in [0.3, 0.4) is 0 Å². The van der Waals surface area contributed by atoms with E-state index in [1.807, 2.05) is 0 Å². The zero-order valence-electron chi connectivity index (χ0n) is 14.3. The average molecular weight is 325 g/mol. The molecule has 5 nitrogen and oxygen atoms in total. The molecule has 23 heavy (non-hydrogen) atoms. The molecule has 1 N–H and O–H groups in total. The Hall–Kier alpha value is -1.13. The van der Waals surface area contributed by atoms with E-state index in [2.05, 4.69) is 6.92 Å². The zero-order chi connectivity index (χ0) is 16.9. The van der Waals surface area contributed by atoms with E-state index in [9.17, 15) is 20.0 Å². The first kappa shape index (κ1) is 18.2. The smallest absolute Gasteiger partial charge is 0.309 e. The molecule has 2 fully saturated rings. The third-order valence-corrected chi connectivity index (χ3v) is 6.42. The van der Waals surface area contributed by atoms with Crippen LogP contribution < -0.4 is 0 Å². The van der Waals surface area contributed by atoms with Crippen molar-refractivity contribution in [3.8, 4) is 0 Å². The number of hydrogen-bond donors (Lipinski definition) is 1. The number of carbonyl (C=O) groups is 1. The van der Waals surface area contributed by atoms with Gasteiger partial charge >= 0.3 is 5.97 Å². The largest absolute Gasteiger partial charge is 0.481 e. The van der Waals surface area contributed by atoms with Gasteiger partial charge in [0.05, 0.1) is 5.41 Å². The molecule has 0 spiro atoms. The van der Waals surface area contributed by atoms with Crippen LogP contribution in [-0.2, 0) is 4.79 Å². The monoisotopic (exact) mass is 325 g/mol. The average Bonchev–Trinajstić information content (AvgIpc) is 2.55. The van der Waals surface area contributed by atoms with Gasteiger partial charge in [0.1, 0.15) is 0 Å². The molecule has 2 rings (SSSR count). The van der Waals surface area contributed by atoms with Crippen LogP contribution in [0.5, 0.6) is 0 Å². The first-order valence-electron chi connectivity index (χ1n) is 9.36. The second kappa shape index (κ2) is 8.11. The summed E-state index contributed by atoms with van der Waals surface area (Å²) in [6, 6.07) is -0.456.